The van der Waals surface area contributed by atoms with Crippen molar-refractivity contribution < 1.29 is 0 Å². The minimum absolute atomic E-state index is 0.599. The first kappa shape index (κ1) is 13.2. The van der Waals surface area contributed by atoms with Gasteiger partial charge >= 0.3 is 0 Å². The van der Waals surface area contributed by atoms with Gasteiger partial charge in [-0.3, -0.25) is 5.10 Å². The van der Waals surface area contributed by atoms with Crippen molar-refractivity contribution in [3.63, 3.8) is 0 Å². The lowest BCUT2D eigenvalue weighted by atomic mass is 10.0. The van der Waals surface area contributed by atoms with Gasteiger partial charge in [-0.15, -0.1) is 0 Å². The minimum Gasteiger partial charge on any atom is -0.314 e. The zero-order valence-corrected chi connectivity index (χ0v) is 10.7. The Hall–Kier alpha value is -0.900. The highest BCUT2D eigenvalue weighted by molar-refractivity contribution is 4.81. The Balaban J connectivity index is 2.00. The molecule has 1 aromatic heterocycles. The van der Waals surface area contributed by atoms with E-state index in [0.717, 1.165) is 24.7 Å². The summed E-state index contributed by atoms with van der Waals surface area (Å²) < 4.78 is 0. The molecule has 0 saturated carbocycles. The maximum Gasteiger partial charge on any atom is 0.137 e. The third-order valence-electron chi connectivity index (χ3n) is 2.74. The van der Waals surface area contributed by atoms with E-state index >= 15 is 0 Å². The first-order valence-electron chi connectivity index (χ1n) is 6.26. The van der Waals surface area contributed by atoms with E-state index in [0.29, 0.717) is 6.04 Å². The Bertz CT molecular complexity index is 256. The minimum atomic E-state index is 0.599. The highest BCUT2D eigenvalue weighted by Gasteiger charge is 2.02. The van der Waals surface area contributed by atoms with Gasteiger partial charge in [-0.25, -0.2) is 4.98 Å². The van der Waals surface area contributed by atoms with Crippen LogP contribution in [0, 0.1) is 5.92 Å². The van der Waals surface area contributed by atoms with Crippen LogP contribution >= 0.6 is 0 Å². The second-order valence-electron chi connectivity index (χ2n) is 4.86. The van der Waals surface area contributed by atoms with Crippen molar-refractivity contribution in [3.05, 3.63) is 12.2 Å². The van der Waals surface area contributed by atoms with E-state index in [9.17, 15) is 0 Å². The first-order chi connectivity index (χ1) is 7.68. The Morgan fingerprint density at radius 2 is 2.12 bits per heavy atom. The van der Waals surface area contributed by atoms with Gasteiger partial charge in [0.15, 0.2) is 0 Å². The number of nitrogens with zero attached hydrogens (tertiary/aromatic N) is 2. The van der Waals surface area contributed by atoms with Crippen molar-refractivity contribution >= 4 is 0 Å². The van der Waals surface area contributed by atoms with Crippen molar-refractivity contribution in [1.29, 1.82) is 0 Å². The topological polar surface area (TPSA) is 53.6 Å². The molecule has 4 nitrogen and oxygen atoms in total. The number of H-pyrrole nitrogens is 1. The lowest BCUT2D eigenvalue weighted by Crippen LogP contribution is -2.28. The Kier molecular flexibility index (Phi) is 6.08. The normalized spacial score (nSPS) is 13.2. The molecule has 0 amide bonds. The molecule has 92 valence electrons. The van der Waals surface area contributed by atoms with Crippen LogP contribution in [-0.2, 0) is 6.42 Å². The summed E-state index contributed by atoms with van der Waals surface area (Å²) >= 11 is 0. The zero-order valence-electron chi connectivity index (χ0n) is 10.7. The number of hydrogen-bond donors (Lipinski definition) is 2. The lowest BCUT2D eigenvalue weighted by Gasteiger charge is -2.13. The average Bonchev–Trinajstić information content (AvgIpc) is 2.70. The Morgan fingerprint density at radius 1 is 1.31 bits per heavy atom. The van der Waals surface area contributed by atoms with Gasteiger partial charge in [-0.05, 0) is 19.3 Å². The molecule has 0 aliphatic carbocycles. The number of aromatic amines is 1. The van der Waals surface area contributed by atoms with Gasteiger partial charge in [0.2, 0.25) is 0 Å². The van der Waals surface area contributed by atoms with Crippen LogP contribution in [-0.4, -0.2) is 27.8 Å². The van der Waals surface area contributed by atoms with Crippen molar-refractivity contribution in [2.24, 2.45) is 5.92 Å². The van der Waals surface area contributed by atoms with Crippen LogP contribution in [0.1, 0.15) is 45.9 Å². The van der Waals surface area contributed by atoms with Crippen molar-refractivity contribution in [3.8, 4) is 0 Å². The van der Waals surface area contributed by atoms with Gasteiger partial charge in [-0.1, -0.05) is 26.7 Å². The van der Waals surface area contributed by atoms with Crippen LogP contribution in [0.15, 0.2) is 6.33 Å². The number of hydrogen-bond acceptors (Lipinski definition) is 3. The summed E-state index contributed by atoms with van der Waals surface area (Å²) in [5, 5.41) is 10.2. The summed E-state index contributed by atoms with van der Waals surface area (Å²) in [6.07, 6.45) is 6.38. The molecule has 1 unspecified atom stereocenters. The third kappa shape index (κ3) is 5.85. The van der Waals surface area contributed by atoms with Crippen LogP contribution in [0.5, 0.6) is 0 Å². The first-order valence-corrected chi connectivity index (χ1v) is 6.26. The second kappa shape index (κ2) is 7.39. The molecule has 0 radical (unpaired) electrons. The molecule has 0 aromatic carbocycles. The Morgan fingerprint density at radius 3 is 2.75 bits per heavy atom. The van der Waals surface area contributed by atoms with Crippen LogP contribution in [0.2, 0.25) is 0 Å². The van der Waals surface area contributed by atoms with Crippen LogP contribution in [0.3, 0.4) is 0 Å². The fourth-order valence-electron chi connectivity index (χ4n) is 1.72. The lowest BCUT2D eigenvalue weighted by molar-refractivity contribution is 0.458. The number of nitrogens with one attached hydrogen (secondary N) is 2. The van der Waals surface area contributed by atoms with Crippen molar-refractivity contribution in [2.45, 2.75) is 52.5 Å². The van der Waals surface area contributed by atoms with E-state index in [2.05, 4.69) is 41.3 Å². The summed E-state index contributed by atoms with van der Waals surface area (Å²) in [7, 11) is 0. The maximum atomic E-state index is 4.09. The molecule has 2 N–H and O–H groups in total. The molecule has 4 heteroatoms. The summed E-state index contributed by atoms with van der Waals surface area (Å²) in [6, 6.07) is 0.599. The van der Waals surface area contributed by atoms with E-state index in [1.165, 1.54) is 19.3 Å². The van der Waals surface area contributed by atoms with Gasteiger partial charge in [0, 0.05) is 19.0 Å². The van der Waals surface area contributed by atoms with E-state index in [1.54, 1.807) is 6.33 Å². The van der Waals surface area contributed by atoms with Crippen LogP contribution in [0.4, 0.5) is 0 Å². The molecule has 1 heterocycles. The second-order valence-corrected chi connectivity index (χ2v) is 4.86. The highest BCUT2D eigenvalue weighted by atomic mass is 15.2. The van der Waals surface area contributed by atoms with Crippen LogP contribution in [0.25, 0.3) is 0 Å². The smallest absolute Gasteiger partial charge is 0.137 e. The summed E-state index contributed by atoms with van der Waals surface area (Å²) in [5.41, 5.74) is 0. The fraction of sp³-hybridized carbons (Fsp3) is 0.833. The van der Waals surface area contributed by atoms with Gasteiger partial charge in [0.1, 0.15) is 12.2 Å². The monoisotopic (exact) mass is 224 g/mol. The predicted molar refractivity (Wildman–Crippen MR) is 66.2 cm³/mol. The standard InChI is InChI=1S/C12H24N4/c1-10(2)5-4-6-11(3)13-8-7-12-14-9-15-16-12/h9-11,13H,4-8H2,1-3H3,(H,14,15,16). The van der Waals surface area contributed by atoms with Gasteiger partial charge in [-0.2, -0.15) is 5.10 Å². The quantitative estimate of drug-likeness (QED) is 0.711. The predicted octanol–water partition coefficient (Wildman–Crippen LogP) is 2.15. The SMILES string of the molecule is CC(C)CCCC(C)NCCc1ncn[nH]1. The summed E-state index contributed by atoms with van der Waals surface area (Å²) in [6.45, 7) is 7.78. The molecule has 0 bridgehead atoms. The molecular weight excluding hydrogens is 200 g/mol. The van der Waals surface area contributed by atoms with E-state index in [-0.39, 0.29) is 0 Å². The van der Waals surface area contributed by atoms with E-state index in [1.807, 2.05) is 0 Å². The van der Waals surface area contributed by atoms with E-state index < -0.39 is 0 Å². The third-order valence-corrected chi connectivity index (χ3v) is 2.74. The molecule has 0 aliphatic heterocycles. The molecular formula is C12H24N4. The molecule has 1 aromatic rings. The highest BCUT2D eigenvalue weighted by Crippen LogP contribution is 2.08. The van der Waals surface area contributed by atoms with Gasteiger partial charge in [0.05, 0.1) is 0 Å². The van der Waals surface area contributed by atoms with Crippen molar-refractivity contribution in [1.82, 2.24) is 20.5 Å². The fourth-order valence-corrected chi connectivity index (χ4v) is 1.72. The Labute approximate surface area is 98.2 Å². The number of aromatic nitrogens is 3. The molecule has 16 heavy (non-hydrogen) atoms. The van der Waals surface area contributed by atoms with Gasteiger partial charge in [0.25, 0.3) is 0 Å². The summed E-state index contributed by atoms with van der Waals surface area (Å²) in [5.74, 6) is 1.78. The maximum absolute atomic E-state index is 4.09. The average molecular weight is 224 g/mol. The van der Waals surface area contributed by atoms with Crippen molar-refractivity contribution in [2.75, 3.05) is 6.54 Å². The molecule has 1 rings (SSSR count). The number of rotatable bonds is 8. The van der Waals surface area contributed by atoms with E-state index in [4.69, 9.17) is 0 Å². The molecule has 0 aliphatic rings. The largest absolute Gasteiger partial charge is 0.314 e. The molecule has 1 atom stereocenters. The zero-order chi connectivity index (χ0) is 11.8. The molecule has 0 fully saturated rings. The van der Waals surface area contributed by atoms with Gasteiger partial charge < -0.3 is 5.32 Å². The van der Waals surface area contributed by atoms with Crippen LogP contribution < -0.4 is 5.32 Å². The molecule has 0 saturated heterocycles. The summed E-state index contributed by atoms with van der Waals surface area (Å²) in [4.78, 5) is 4.09. The molecule has 0 spiro atoms.